The van der Waals surface area contributed by atoms with Crippen molar-refractivity contribution in [3.05, 3.63) is 77.4 Å². The third-order valence-electron chi connectivity index (χ3n) is 4.19. The van der Waals surface area contributed by atoms with Gasteiger partial charge in [-0.15, -0.1) is 0 Å². The Morgan fingerprint density at radius 3 is 2.41 bits per heavy atom. The minimum atomic E-state index is -3.69. The van der Waals surface area contributed by atoms with E-state index in [4.69, 9.17) is 11.6 Å². The third kappa shape index (κ3) is 4.07. The van der Waals surface area contributed by atoms with Gasteiger partial charge in [0, 0.05) is 23.5 Å². The number of nitrogens with one attached hydrogen (secondary N) is 1. The molecule has 0 saturated heterocycles. The van der Waals surface area contributed by atoms with Crippen LogP contribution in [0.2, 0.25) is 5.02 Å². The summed E-state index contributed by atoms with van der Waals surface area (Å²) in [6.07, 6.45) is 1.36. The quantitative estimate of drug-likeness (QED) is 0.631. The van der Waals surface area contributed by atoms with Crippen LogP contribution in [0.4, 0.5) is 17.2 Å². The maximum Gasteiger partial charge on any atom is 0.265 e. The molecule has 140 valence electrons. The van der Waals surface area contributed by atoms with E-state index in [2.05, 4.69) is 10.3 Å². The van der Waals surface area contributed by atoms with E-state index in [1.807, 2.05) is 43.3 Å². The summed E-state index contributed by atoms with van der Waals surface area (Å²) < 4.78 is 27.3. The lowest BCUT2D eigenvalue weighted by Gasteiger charge is -2.22. The van der Waals surface area contributed by atoms with Crippen molar-refractivity contribution in [3.63, 3.8) is 0 Å². The molecule has 27 heavy (non-hydrogen) atoms. The average molecular weight is 402 g/mol. The number of sulfonamides is 1. The van der Waals surface area contributed by atoms with Crippen LogP contribution in [0.25, 0.3) is 0 Å². The van der Waals surface area contributed by atoms with Crippen molar-refractivity contribution < 1.29 is 8.42 Å². The van der Waals surface area contributed by atoms with Gasteiger partial charge in [0.25, 0.3) is 10.0 Å². The molecule has 1 heterocycles. The van der Waals surface area contributed by atoms with E-state index in [1.54, 1.807) is 31.2 Å². The highest BCUT2D eigenvalue weighted by Gasteiger charge is 2.23. The molecule has 0 aliphatic heterocycles. The Balaban J connectivity index is 1.87. The number of rotatable bonds is 6. The first-order valence-corrected chi connectivity index (χ1v) is 10.3. The molecule has 0 atom stereocenters. The minimum absolute atomic E-state index is 0.140. The van der Waals surface area contributed by atoms with Gasteiger partial charge in [-0.1, -0.05) is 35.9 Å². The summed E-state index contributed by atoms with van der Waals surface area (Å²) in [6, 6.07) is 17.8. The number of nitrogens with zero attached hydrogens (tertiary/aromatic N) is 2. The fourth-order valence-corrected chi connectivity index (χ4v) is 4.29. The summed E-state index contributed by atoms with van der Waals surface area (Å²) in [5.41, 5.74) is 2.35. The van der Waals surface area contributed by atoms with Crippen LogP contribution >= 0.6 is 11.6 Å². The van der Waals surface area contributed by atoms with Crippen LogP contribution in [-0.4, -0.2) is 19.9 Å². The summed E-state index contributed by atoms with van der Waals surface area (Å²) in [5.74, 6) is 0.544. The number of pyridine rings is 1. The highest BCUT2D eigenvalue weighted by Crippen LogP contribution is 2.27. The van der Waals surface area contributed by atoms with Crippen molar-refractivity contribution in [1.29, 1.82) is 0 Å². The Bertz CT molecular complexity index is 1020. The number of aromatic nitrogens is 1. The Kier molecular flexibility index (Phi) is 5.68. The molecule has 1 aromatic heterocycles. The maximum absolute atomic E-state index is 13.0. The standard InChI is InChI=1S/C20H20ClN3O2S/c1-3-24(16-8-5-4-6-9-16)27(25,26)17-12-13-20(22-14-17)23-19-11-7-10-18(21)15(19)2/h4-14H,3H2,1-2H3,(H,22,23). The second-order valence-electron chi connectivity index (χ2n) is 5.92. The van der Waals surface area contributed by atoms with E-state index in [9.17, 15) is 8.42 Å². The molecule has 0 spiro atoms. The first-order valence-electron chi connectivity index (χ1n) is 8.49. The van der Waals surface area contributed by atoms with Gasteiger partial charge in [-0.05, 0) is 55.8 Å². The monoisotopic (exact) mass is 401 g/mol. The molecule has 0 amide bonds. The molecule has 0 saturated carbocycles. The highest BCUT2D eigenvalue weighted by atomic mass is 35.5. The fourth-order valence-electron chi connectivity index (χ4n) is 2.70. The van der Waals surface area contributed by atoms with Crippen LogP contribution in [0.3, 0.4) is 0 Å². The molecule has 3 rings (SSSR count). The number of anilines is 3. The van der Waals surface area contributed by atoms with Gasteiger partial charge in [0.05, 0.1) is 5.69 Å². The van der Waals surface area contributed by atoms with Gasteiger partial charge < -0.3 is 5.32 Å². The Labute approximate surface area is 164 Å². The summed E-state index contributed by atoms with van der Waals surface area (Å²) in [7, 11) is -3.69. The normalized spacial score (nSPS) is 11.2. The smallest absolute Gasteiger partial charge is 0.265 e. The molecule has 0 unspecified atom stereocenters. The van der Waals surface area contributed by atoms with E-state index >= 15 is 0 Å². The van der Waals surface area contributed by atoms with Crippen LogP contribution in [-0.2, 0) is 10.0 Å². The first-order chi connectivity index (χ1) is 12.9. The van der Waals surface area contributed by atoms with Crippen LogP contribution in [0.5, 0.6) is 0 Å². The Morgan fingerprint density at radius 1 is 1.04 bits per heavy atom. The topological polar surface area (TPSA) is 62.3 Å². The van der Waals surface area contributed by atoms with Crippen LogP contribution in [0.15, 0.2) is 71.8 Å². The van der Waals surface area contributed by atoms with Crippen molar-refractivity contribution >= 4 is 38.8 Å². The molecule has 0 bridgehead atoms. The van der Waals surface area contributed by atoms with Crippen LogP contribution in [0, 0.1) is 6.92 Å². The first kappa shape index (κ1) is 19.2. The lowest BCUT2D eigenvalue weighted by molar-refractivity contribution is 0.591. The van der Waals surface area contributed by atoms with E-state index in [0.717, 1.165) is 11.3 Å². The molecule has 0 radical (unpaired) electrons. The minimum Gasteiger partial charge on any atom is -0.340 e. The van der Waals surface area contributed by atoms with Crippen molar-refractivity contribution in [3.8, 4) is 0 Å². The van der Waals surface area contributed by atoms with E-state index in [-0.39, 0.29) is 4.90 Å². The number of benzene rings is 2. The molecule has 2 aromatic carbocycles. The zero-order valence-corrected chi connectivity index (χ0v) is 16.6. The molecule has 3 aromatic rings. The molecule has 0 fully saturated rings. The van der Waals surface area contributed by atoms with Crippen molar-refractivity contribution in [1.82, 2.24) is 4.98 Å². The molecule has 0 aliphatic rings. The highest BCUT2D eigenvalue weighted by molar-refractivity contribution is 7.92. The molecule has 5 nitrogen and oxygen atoms in total. The van der Waals surface area contributed by atoms with Crippen LogP contribution < -0.4 is 9.62 Å². The van der Waals surface area contributed by atoms with Gasteiger partial charge in [-0.3, -0.25) is 4.31 Å². The predicted octanol–water partition coefficient (Wildman–Crippen LogP) is 5.00. The van der Waals surface area contributed by atoms with E-state index in [0.29, 0.717) is 23.1 Å². The maximum atomic E-state index is 13.0. The van der Waals surface area contributed by atoms with Gasteiger partial charge in [0.1, 0.15) is 10.7 Å². The summed E-state index contributed by atoms with van der Waals surface area (Å²) >= 11 is 6.13. The van der Waals surface area contributed by atoms with Gasteiger partial charge in [-0.25, -0.2) is 13.4 Å². The summed E-state index contributed by atoms with van der Waals surface area (Å²) in [6.45, 7) is 4.03. The molecular formula is C20H20ClN3O2S. The number of halogens is 1. The SMILES string of the molecule is CCN(c1ccccc1)S(=O)(=O)c1ccc(Nc2cccc(Cl)c2C)nc1. The third-order valence-corrected chi connectivity index (χ3v) is 6.48. The summed E-state index contributed by atoms with van der Waals surface area (Å²) in [5, 5.41) is 3.82. The van der Waals surface area contributed by atoms with Gasteiger partial charge in [-0.2, -0.15) is 0 Å². The van der Waals surface area contributed by atoms with Crippen LogP contribution in [0.1, 0.15) is 12.5 Å². The average Bonchev–Trinajstić information content (AvgIpc) is 2.67. The lowest BCUT2D eigenvalue weighted by atomic mass is 10.2. The molecular weight excluding hydrogens is 382 g/mol. The number of hydrogen-bond donors (Lipinski definition) is 1. The van der Waals surface area contributed by atoms with Crippen molar-refractivity contribution in [2.75, 3.05) is 16.2 Å². The van der Waals surface area contributed by atoms with Gasteiger partial charge in [0.2, 0.25) is 0 Å². The fraction of sp³-hybridized carbons (Fsp3) is 0.150. The lowest BCUT2D eigenvalue weighted by Crippen LogP contribution is -2.30. The molecule has 0 aliphatic carbocycles. The number of para-hydroxylation sites is 1. The van der Waals surface area contributed by atoms with Crippen molar-refractivity contribution in [2.45, 2.75) is 18.7 Å². The van der Waals surface area contributed by atoms with E-state index in [1.165, 1.54) is 10.5 Å². The van der Waals surface area contributed by atoms with Gasteiger partial charge >= 0.3 is 0 Å². The Morgan fingerprint density at radius 2 is 1.78 bits per heavy atom. The second kappa shape index (κ2) is 7.98. The second-order valence-corrected chi connectivity index (χ2v) is 8.19. The van der Waals surface area contributed by atoms with Crippen molar-refractivity contribution in [2.24, 2.45) is 0 Å². The predicted molar refractivity (Wildman–Crippen MR) is 110 cm³/mol. The van der Waals surface area contributed by atoms with Gasteiger partial charge in [0.15, 0.2) is 0 Å². The number of hydrogen-bond acceptors (Lipinski definition) is 4. The summed E-state index contributed by atoms with van der Waals surface area (Å²) in [4.78, 5) is 4.40. The van der Waals surface area contributed by atoms with E-state index < -0.39 is 10.0 Å². The largest absolute Gasteiger partial charge is 0.340 e. The zero-order valence-electron chi connectivity index (χ0n) is 15.1. The zero-order chi connectivity index (χ0) is 19.4. The molecule has 7 heteroatoms. The Hall–Kier alpha value is -2.57. The molecule has 1 N–H and O–H groups in total.